The van der Waals surface area contributed by atoms with Gasteiger partial charge in [0.25, 0.3) is 0 Å². The number of hydrogen-bond donors (Lipinski definition) is 0. The first-order valence-corrected chi connectivity index (χ1v) is 20.9. The maximum atomic E-state index is 2.63. The molecule has 0 amide bonds. The summed E-state index contributed by atoms with van der Waals surface area (Å²) in [7, 11) is 0. The molecule has 0 radical (unpaired) electrons. The summed E-state index contributed by atoms with van der Waals surface area (Å²) in [5.41, 5.74) is 15.0. The number of hydrogen-bond acceptors (Lipinski definition) is 0. The van der Waals surface area contributed by atoms with Gasteiger partial charge in [0.1, 0.15) is 0 Å². The normalized spacial score (nSPS) is 16.0. The first-order chi connectivity index (χ1) is 21.6. The zero-order valence-electron chi connectivity index (χ0n) is 28.2. The van der Waals surface area contributed by atoms with E-state index in [-0.39, 0.29) is 10.8 Å². The van der Waals surface area contributed by atoms with Crippen LogP contribution in [0.1, 0.15) is 102 Å². The molecule has 0 aliphatic heterocycles. The average molecular weight is 668 g/mol. The summed E-state index contributed by atoms with van der Waals surface area (Å²) in [6.45, 7) is 14.5. The third-order valence-corrected chi connectivity index (χ3v) is 18.3. The molecule has 3 aliphatic rings. The van der Waals surface area contributed by atoms with E-state index in [1.54, 1.807) is 17.7 Å². The molecule has 1 fully saturated rings. The van der Waals surface area contributed by atoms with E-state index >= 15 is 0 Å². The van der Waals surface area contributed by atoms with Crippen LogP contribution < -0.4 is 3.27 Å². The van der Waals surface area contributed by atoms with Gasteiger partial charge in [0.15, 0.2) is 0 Å². The van der Waals surface area contributed by atoms with E-state index in [4.69, 9.17) is 0 Å². The Morgan fingerprint density at radius 1 is 0.622 bits per heavy atom. The molecule has 0 N–H and O–H groups in total. The summed E-state index contributed by atoms with van der Waals surface area (Å²) in [6.07, 6.45) is 16.3. The van der Waals surface area contributed by atoms with Crippen molar-refractivity contribution in [3.63, 3.8) is 0 Å². The van der Waals surface area contributed by atoms with Gasteiger partial charge < -0.3 is 0 Å². The molecule has 0 heterocycles. The van der Waals surface area contributed by atoms with Crippen LogP contribution in [0.3, 0.4) is 0 Å². The number of allylic oxidation sites excluding steroid dienone is 4. The van der Waals surface area contributed by atoms with Gasteiger partial charge in [-0.05, 0) is 0 Å². The van der Waals surface area contributed by atoms with Gasteiger partial charge in [-0.1, -0.05) is 0 Å². The van der Waals surface area contributed by atoms with Gasteiger partial charge in [-0.3, -0.25) is 0 Å². The minimum atomic E-state index is -2.44. The molecule has 1 saturated carbocycles. The molecule has 45 heavy (non-hydrogen) atoms. The molecule has 0 bridgehead atoms. The number of benzene rings is 4. The SMILES string of the molecule is CC(C)(C)c1cc2c(cc1-c1ccccc1)Cc1c-2cc(C(C)(C)C)c(-c2ccccc2)[c]1[Zr]([C]1=CC=CC1)=[C]1CCCCC1. The molecule has 0 saturated heterocycles. The summed E-state index contributed by atoms with van der Waals surface area (Å²) >= 11 is -2.44. The molecular weight excluding hydrogens is 620 g/mol. The second-order valence-electron chi connectivity index (χ2n) is 15.5. The minimum absolute atomic E-state index is 0.0301. The number of rotatable bonds is 4. The Morgan fingerprint density at radius 3 is 1.84 bits per heavy atom. The molecule has 228 valence electrons. The fraction of sp³-hybridized carbons (Fsp3) is 0.341. The molecule has 0 atom stereocenters. The summed E-state index contributed by atoms with van der Waals surface area (Å²) < 4.78 is 5.55. The van der Waals surface area contributed by atoms with Crippen LogP contribution in [-0.2, 0) is 38.5 Å². The average Bonchev–Trinajstić information content (AvgIpc) is 3.69. The van der Waals surface area contributed by atoms with Crippen LogP contribution in [0.2, 0.25) is 0 Å². The van der Waals surface area contributed by atoms with Crippen molar-refractivity contribution in [3.8, 4) is 33.4 Å². The van der Waals surface area contributed by atoms with Gasteiger partial charge in [0, 0.05) is 0 Å². The van der Waals surface area contributed by atoms with Crippen LogP contribution in [0.5, 0.6) is 0 Å². The van der Waals surface area contributed by atoms with Crippen LogP contribution in [0.25, 0.3) is 33.4 Å². The molecule has 0 spiro atoms. The fourth-order valence-electron chi connectivity index (χ4n) is 8.05. The summed E-state index contributed by atoms with van der Waals surface area (Å²) in [6, 6.07) is 30.4. The Bertz CT molecular complexity index is 1840. The Balaban J connectivity index is 1.59. The zero-order chi connectivity index (χ0) is 31.3. The summed E-state index contributed by atoms with van der Waals surface area (Å²) in [5, 5.41) is 0. The standard InChI is InChI=1S/C33H33.C6H10.C5H5.Zr/c1-32(2,3)30-20-26-24(18-28(30)22-13-9-7-10-14-22)17-25-19-29(23-15-11-8-12-16-23)31(21-27(25)26)33(4,5)6;1-2-4-6-5-3-1;1-2-4-5-3-1;/h7-16,18,20-21H,17H2,1-6H3;1-5H2;1-3H,4H2;. The van der Waals surface area contributed by atoms with E-state index in [0.717, 1.165) is 12.8 Å². The van der Waals surface area contributed by atoms with Crippen LogP contribution >= 0.6 is 0 Å². The van der Waals surface area contributed by atoms with Crippen molar-refractivity contribution in [1.82, 2.24) is 0 Å². The Kier molecular flexibility index (Phi) is 8.23. The quantitative estimate of drug-likeness (QED) is 0.179. The van der Waals surface area contributed by atoms with E-state index < -0.39 is 21.3 Å². The van der Waals surface area contributed by atoms with Gasteiger partial charge in [-0.15, -0.1) is 0 Å². The Labute approximate surface area is 279 Å². The van der Waals surface area contributed by atoms with Gasteiger partial charge >= 0.3 is 281 Å². The second-order valence-corrected chi connectivity index (χ2v) is 21.9. The fourth-order valence-corrected chi connectivity index (χ4v) is 17.0. The van der Waals surface area contributed by atoms with Crippen molar-refractivity contribution >= 4 is 6.48 Å². The molecular formula is C44H48Zr. The van der Waals surface area contributed by atoms with Gasteiger partial charge in [-0.2, -0.15) is 0 Å². The predicted octanol–water partition coefficient (Wildman–Crippen LogP) is 11.4. The van der Waals surface area contributed by atoms with Crippen molar-refractivity contribution in [2.75, 3.05) is 0 Å². The third kappa shape index (κ3) is 5.80. The van der Waals surface area contributed by atoms with Crippen molar-refractivity contribution in [1.29, 1.82) is 0 Å². The van der Waals surface area contributed by atoms with E-state index in [0.29, 0.717) is 0 Å². The van der Waals surface area contributed by atoms with E-state index in [1.165, 1.54) is 76.6 Å². The maximum absolute atomic E-state index is 2.63. The summed E-state index contributed by atoms with van der Waals surface area (Å²) in [4.78, 5) is 0. The third-order valence-electron chi connectivity index (χ3n) is 10.3. The van der Waals surface area contributed by atoms with Gasteiger partial charge in [0.05, 0.1) is 0 Å². The molecule has 0 nitrogen and oxygen atoms in total. The predicted molar refractivity (Wildman–Crippen MR) is 193 cm³/mol. The van der Waals surface area contributed by atoms with E-state index in [2.05, 4.69) is 139 Å². The zero-order valence-corrected chi connectivity index (χ0v) is 30.6. The first kappa shape index (κ1) is 30.8. The van der Waals surface area contributed by atoms with Crippen molar-refractivity contribution in [2.24, 2.45) is 0 Å². The Hall–Kier alpha value is -2.89. The molecule has 7 rings (SSSR count). The van der Waals surface area contributed by atoms with Crippen molar-refractivity contribution in [2.45, 2.75) is 97.3 Å². The summed E-state index contributed by atoms with van der Waals surface area (Å²) in [5.74, 6) is 0. The number of fused-ring (bicyclic) bond motifs is 3. The van der Waals surface area contributed by atoms with E-state index in [1.807, 2.05) is 3.21 Å². The van der Waals surface area contributed by atoms with Crippen LogP contribution in [0.15, 0.2) is 100 Å². The molecule has 1 heteroatoms. The first-order valence-electron chi connectivity index (χ1n) is 17.2. The van der Waals surface area contributed by atoms with Crippen molar-refractivity contribution < 1.29 is 21.3 Å². The van der Waals surface area contributed by atoms with Gasteiger partial charge in [-0.25, -0.2) is 0 Å². The monoisotopic (exact) mass is 666 g/mol. The van der Waals surface area contributed by atoms with Gasteiger partial charge in [0.2, 0.25) is 0 Å². The van der Waals surface area contributed by atoms with E-state index in [9.17, 15) is 0 Å². The molecule has 4 aromatic carbocycles. The van der Waals surface area contributed by atoms with Crippen LogP contribution in [0.4, 0.5) is 0 Å². The Morgan fingerprint density at radius 2 is 1.24 bits per heavy atom. The van der Waals surface area contributed by atoms with Crippen LogP contribution in [-0.4, -0.2) is 3.21 Å². The second kappa shape index (κ2) is 12.0. The molecule has 4 aromatic rings. The van der Waals surface area contributed by atoms with Crippen LogP contribution in [0, 0.1) is 0 Å². The molecule has 0 unspecified atom stereocenters. The topological polar surface area (TPSA) is 0 Å². The molecule has 0 aromatic heterocycles. The van der Waals surface area contributed by atoms with Crippen molar-refractivity contribution in [3.05, 3.63) is 123 Å². The molecule has 3 aliphatic carbocycles.